The lowest BCUT2D eigenvalue weighted by atomic mass is 10.1. The normalized spacial score (nSPS) is 17.1. The van der Waals surface area contributed by atoms with Gasteiger partial charge in [-0.2, -0.15) is 4.31 Å². The highest BCUT2D eigenvalue weighted by molar-refractivity contribution is 7.89. The van der Waals surface area contributed by atoms with Crippen LogP contribution in [0.2, 0.25) is 0 Å². The smallest absolute Gasteiger partial charge is 0.243 e. The fourth-order valence-electron chi connectivity index (χ4n) is 2.78. The minimum Gasteiger partial charge on any atom is -0.380 e. The summed E-state index contributed by atoms with van der Waals surface area (Å²) in [6.45, 7) is 0.868. The second-order valence-corrected chi connectivity index (χ2v) is 7.55. The Morgan fingerprint density at radius 3 is 2.22 bits per heavy atom. The molecule has 0 amide bonds. The van der Waals surface area contributed by atoms with Crippen molar-refractivity contribution in [2.75, 3.05) is 18.4 Å². The van der Waals surface area contributed by atoms with Crippen molar-refractivity contribution in [1.82, 2.24) is 4.31 Å². The number of anilines is 1. The SMILES string of the molecule is O=S(=O)(c1ccccc1)N1CCC(Nc2ccccc2F)CC1. The third kappa shape index (κ3) is 3.54. The van der Waals surface area contributed by atoms with Crippen molar-refractivity contribution in [3.05, 3.63) is 60.4 Å². The molecule has 6 heteroatoms. The van der Waals surface area contributed by atoms with Gasteiger partial charge in [0.05, 0.1) is 10.6 Å². The van der Waals surface area contributed by atoms with E-state index in [0.29, 0.717) is 36.5 Å². The summed E-state index contributed by atoms with van der Waals surface area (Å²) in [5, 5.41) is 3.16. The molecule has 0 radical (unpaired) electrons. The minimum absolute atomic E-state index is 0.0779. The molecule has 122 valence electrons. The van der Waals surface area contributed by atoms with Gasteiger partial charge in [-0.25, -0.2) is 12.8 Å². The van der Waals surface area contributed by atoms with Crippen LogP contribution in [0.25, 0.3) is 0 Å². The lowest BCUT2D eigenvalue weighted by Gasteiger charge is -2.32. The van der Waals surface area contributed by atoms with Gasteiger partial charge in [0.25, 0.3) is 0 Å². The number of hydrogen-bond acceptors (Lipinski definition) is 3. The Hall–Kier alpha value is -1.92. The van der Waals surface area contributed by atoms with E-state index in [4.69, 9.17) is 0 Å². The standard InChI is InChI=1S/C17H19FN2O2S/c18-16-8-4-5-9-17(16)19-14-10-12-20(13-11-14)23(21,22)15-6-2-1-3-7-15/h1-9,14,19H,10-13H2. The van der Waals surface area contributed by atoms with Gasteiger partial charge >= 0.3 is 0 Å². The largest absolute Gasteiger partial charge is 0.380 e. The first-order valence-corrected chi connectivity index (χ1v) is 9.07. The monoisotopic (exact) mass is 334 g/mol. The Morgan fingerprint density at radius 2 is 1.57 bits per heavy atom. The molecule has 0 atom stereocenters. The van der Waals surface area contributed by atoms with Crippen LogP contribution in [-0.2, 0) is 10.0 Å². The van der Waals surface area contributed by atoms with Crippen LogP contribution in [0.15, 0.2) is 59.5 Å². The zero-order chi connectivity index (χ0) is 16.3. The van der Waals surface area contributed by atoms with E-state index in [0.717, 1.165) is 0 Å². The molecule has 1 aliphatic rings. The van der Waals surface area contributed by atoms with E-state index in [2.05, 4.69) is 5.32 Å². The van der Waals surface area contributed by atoms with E-state index >= 15 is 0 Å². The summed E-state index contributed by atoms with van der Waals surface area (Å²) in [6, 6.07) is 15.1. The number of para-hydroxylation sites is 1. The number of nitrogens with zero attached hydrogens (tertiary/aromatic N) is 1. The molecule has 23 heavy (non-hydrogen) atoms. The van der Waals surface area contributed by atoms with Gasteiger partial charge in [0.2, 0.25) is 10.0 Å². The van der Waals surface area contributed by atoms with Crippen molar-refractivity contribution < 1.29 is 12.8 Å². The van der Waals surface area contributed by atoms with Gasteiger partial charge in [-0.05, 0) is 37.1 Å². The highest BCUT2D eigenvalue weighted by Gasteiger charge is 2.29. The zero-order valence-corrected chi connectivity index (χ0v) is 13.5. The molecule has 0 bridgehead atoms. The molecule has 0 saturated carbocycles. The second kappa shape index (κ2) is 6.68. The van der Waals surface area contributed by atoms with Crippen LogP contribution in [0.1, 0.15) is 12.8 Å². The molecule has 1 saturated heterocycles. The van der Waals surface area contributed by atoms with Crippen molar-refractivity contribution >= 4 is 15.7 Å². The number of benzene rings is 2. The van der Waals surface area contributed by atoms with E-state index in [1.807, 2.05) is 0 Å². The van der Waals surface area contributed by atoms with Gasteiger partial charge in [0, 0.05) is 19.1 Å². The third-order valence-corrected chi connectivity index (χ3v) is 5.98. The van der Waals surface area contributed by atoms with Gasteiger partial charge in [-0.3, -0.25) is 0 Å². The van der Waals surface area contributed by atoms with E-state index in [1.165, 1.54) is 10.4 Å². The fraction of sp³-hybridized carbons (Fsp3) is 0.294. The van der Waals surface area contributed by atoms with Crippen LogP contribution in [-0.4, -0.2) is 31.9 Å². The van der Waals surface area contributed by atoms with Gasteiger partial charge in [0.1, 0.15) is 5.82 Å². The first kappa shape index (κ1) is 16.0. The van der Waals surface area contributed by atoms with Crippen molar-refractivity contribution in [3.8, 4) is 0 Å². The molecule has 4 nitrogen and oxygen atoms in total. The van der Waals surface area contributed by atoms with Crippen LogP contribution in [0.5, 0.6) is 0 Å². The summed E-state index contributed by atoms with van der Waals surface area (Å²) >= 11 is 0. The van der Waals surface area contributed by atoms with E-state index in [1.54, 1.807) is 48.5 Å². The van der Waals surface area contributed by atoms with Gasteiger partial charge < -0.3 is 5.32 Å². The van der Waals surface area contributed by atoms with Crippen molar-refractivity contribution in [1.29, 1.82) is 0 Å². The van der Waals surface area contributed by atoms with Crippen molar-refractivity contribution in [3.63, 3.8) is 0 Å². The van der Waals surface area contributed by atoms with Crippen LogP contribution in [0, 0.1) is 5.82 Å². The quantitative estimate of drug-likeness (QED) is 0.935. The van der Waals surface area contributed by atoms with Crippen LogP contribution >= 0.6 is 0 Å². The highest BCUT2D eigenvalue weighted by Crippen LogP contribution is 2.23. The molecule has 3 rings (SSSR count). The molecule has 1 heterocycles. The molecular formula is C17H19FN2O2S. The average Bonchev–Trinajstić information content (AvgIpc) is 2.58. The molecule has 0 aliphatic carbocycles. The number of halogens is 1. The lowest BCUT2D eigenvalue weighted by molar-refractivity contribution is 0.329. The minimum atomic E-state index is -3.44. The van der Waals surface area contributed by atoms with Crippen molar-refractivity contribution in [2.24, 2.45) is 0 Å². The number of sulfonamides is 1. The maximum atomic E-state index is 13.7. The van der Waals surface area contributed by atoms with Crippen LogP contribution < -0.4 is 5.32 Å². The molecule has 1 N–H and O–H groups in total. The van der Waals surface area contributed by atoms with E-state index in [-0.39, 0.29) is 11.9 Å². The summed E-state index contributed by atoms with van der Waals surface area (Å²) < 4.78 is 40.3. The molecule has 1 fully saturated rings. The van der Waals surface area contributed by atoms with Crippen LogP contribution in [0.4, 0.5) is 10.1 Å². The van der Waals surface area contributed by atoms with Crippen LogP contribution in [0.3, 0.4) is 0 Å². The average molecular weight is 334 g/mol. The first-order valence-electron chi connectivity index (χ1n) is 7.63. The molecule has 1 aliphatic heterocycles. The highest BCUT2D eigenvalue weighted by atomic mass is 32.2. The Bertz CT molecular complexity index is 757. The topological polar surface area (TPSA) is 49.4 Å². The van der Waals surface area contributed by atoms with E-state index < -0.39 is 10.0 Å². The Labute approximate surface area is 136 Å². The summed E-state index contributed by atoms with van der Waals surface area (Å²) in [6.07, 6.45) is 1.31. The maximum absolute atomic E-state index is 13.7. The van der Waals surface area contributed by atoms with E-state index in [9.17, 15) is 12.8 Å². The molecule has 2 aromatic rings. The summed E-state index contributed by atoms with van der Waals surface area (Å²) in [4.78, 5) is 0.320. The van der Waals surface area contributed by atoms with Gasteiger partial charge in [-0.1, -0.05) is 30.3 Å². The number of rotatable bonds is 4. The van der Waals surface area contributed by atoms with Gasteiger partial charge in [-0.15, -0.1) is 0 Å². The molecule has 0 unspecified atom stereocenters. The Balaban J connectivity index is 1.64. The zero-order valence-electron chi connectivity index (χ0n) is 12.7. The Kier molecular flexibility index (Phi) is 4.63. The predicted octanol–water partition coefficient (Wildman–Crippen LogP) is 3.09. The van der Waals surface area contributed by atoms with Gasteiger partial charge in [0.15, 0.2) is 0 Å². The third-order valence-electron chi connectivity index (χ3n) is 4.07. The predicted molar refractivity (Wildman–Crippen MR) is 88.2 cm³/mol. The first-order chi connectivity index (χ1) is 11.1. The lowest BCUT2D eigenvalue weighted by Crippen LogP contribution is -2.42. The fourth-order valence-corrected chi connectivity index (χ4v) is 4.27. The summed E-state index contributed by atoms with van der Waals surface area (Å²) in [7, 11) is -3.44. The number of hydrogen-bond donors (Lipinski definition) is 1. The molecule has 0 spiro atoms. The molecular weight excluding hydrogens is 315 g/mol. The maximum Gasteiger partial charge on any atom is 0.243 e. The summed E-state index contributed by atoms with van der Waals surface area (Å²) in [5.41, 5.74) is 0.469. The summed E-state index contributed by atoms with van der Waals surface area (Å²) in [5.74, 6) is -0.285. The Morgan fingerprint density at radius 1 is 0.957 bits per heavy atom. The molecule has 0 aromatic heterocycles. The number of nitrogens with one attached hydrogen (secondary N) is 1. The molecule has 2 aromatic carbocycles. The number of piperidine rings is 1. The second-order valence-electron chi connectivity index (χ2n) is 5.62. The van der Waals surface area contributed by atoms with Crippen molar-refractivity contribution in [2.45, 2.75) is 23.8 Å².